The normalized spacial score (nSPS) is 30.0. The zero-order valence-electron chi connectivity index (χ0n) is 9.22. The number of carboxylic acids is 1. The summed E-state index contributed by atoms with van der Waals surface area (Å²) in [5.74, 6) is -2.91. The fraction of sp³-hybridized carbons (Fsp3) is 0.545. The van der Waals surface area contributed by atoms with Crippen LogP contribution in [0.1, 0.15) is 19.8 Å². The van der Waals surface area contributed by atoms with E-state index in [1.165, 1.54) is 6.92 Å². The predicted molar refractivity (Wildman–Crippen MR) is 59.1 cm³/mol. The number of hydrogen-bond acceptors (Lipinski definition) is 3. The van der Waals surface area contributed by atoms with Crippen LogP contribution in [-0.4, -0.2) is 33.8 Å². The second-order valence-electron chi connectivity index (χ2n) is 4.36. The number of carbonyl (C=O) groups excluding carboxylic acids is 2. The van der Waals surface area contributed by atoms with Gasteiger partial charge in [0.1, 0.15) is 6.04 Å². The highest BCUT2D eigenvalue weighted by Gasteiger charge is 2.51. The first-order chi connectivity index (χ1) is 7.93. The first kappa shape index (κ1) is 12.1. The van der Waals surface area contributed by atoms with Crippen LogP contribution < -0.4 is 0 Å². The number of carboxylic acid groups (broad SMARTS) is 1. The van der Waals surface area contributed by atoms with E-state index < -0.39 is 35.7 Å². The van der Waals surface area contributed by atoms with Crippen molar-refractivity contribution in [3.63, 3.8) is 0 Å². The summed E-state index contributed by atoms with van der Waals surface area (Å²) in [6.45, 7) is 1.34. The second kappa shape index (κ2) is 4.14. The Morgan fingerprint density at radius 2 is 2.06 bits per heavy atom. The van der Waals surface area contributed by atoms with E-state index in [0.29, 0.717) is 17.9 Å². The monoisotopic (exact) mass is 257 g/mol. The van der Waals surface area contributed by atoms with Crippen molar-refractivity contribution in [3.05, 3.63) is 11.1 Å². The number of likely N-dealkylation sites (tertiary alicyclic amines) is 1. The summed E-state index contributed by atoms with van der Waals surface area (Å²) in [6.07, 6.45) is 2.47. The SMILES string of the molecule is C[C@@H](C(=O)O)N1C(=O)[C@H]2CC(Cl)=CC[C@H]2C1=O. The molecule has 1 aliphatic heterocycles. The van der Waals surface area contributed by atoms with Gasteiger partial charge in [-0.15, -0.1) is 0 Å². The highest BCUT2D eigenvalue weighted by molar-refractivity contribution is 6.30. The summed E-state index contributed by atoms with van der Waals surface area (Å²) >= 11 is 5.85. The number of nitrogens with zero attached hydrogens (tertiary/aromatic N) is 1. The van der Waals surface area contributed by atoms with E-state index in [0.717, 1.165) is 4.90 Å². The van der Waals surface area contributed by atoms with Crippen LogP contribution in [0.4, 0.5) is 0 Å². The zero-order valence-corrected chi connectivity index (χ0v) is 9.98. The Morgan fingerprint density at radius 3 is 2.65 bits per heavy atom. The van der Waals surface area contributed by atoms with Gasteiger partial charge in [-0.05, 0) is 19.8 Å². The van der Waals surface area contributed by atoms with Crippen molar-refractivity contribution in [2.24, 2.45) is 11.8 Å². The van der Waals surface area contributed by atoms with Crippen molar-refractivity contribution in [1.29, 1.82) is 0 Å². The second-order valence-corrected chi connectivity index (χ2v) is 4.85. The highest BCUT2D eigenvalue weighted by atomic mass is 35.5. The molecule has 17 heavy (non-hydrogen) atoms. The van der Waals surface area contributed by atoms with Crippen LogP contribution in [0.2, 0.25) is 0 Å². The van der Waals surface area contributed by atoms with Crippen LogP contribution >= 0.6 is 11.6 Å². The number of allylic oxidation sites excluding steroid dienone is 2. The molecule has 2 aliphatic rings. The summed E-state index contributed by atoms with van der Waals surface area (Å²) < 4.78 is 0. The molecule has 0 radical (unpaired) electrons. The molecule has 2 amide bonds. The van der Waals surface area contributed by atoms with E-state index in [1.54, 1.807) is 6.08 Å². The predicted octanol–water partition coefficient (Wildman–Crippen LogP) is 0.977. The summed E-state index contributed by atoms with van der Waals surface area (Å²) in [6, 6.07) is -1.11. The zero-order chi connectivity index (χ0) is 12.7. The molecule has 0 aromatic heterocycles. The van der Waals surface area contributed by atoms with Crippen molar-refractivity contribution in [3.8, 4) is 0 Å². The molecule has 1 N–H and O–H groups in total. The molecule has 0 spiro atoms. The standard InChI is InChI=1S/C11H12ClNO4/c1-5(11(16)17)13-9(14)7-3-2-6(12)4-8(7)10(13)15/h2,5,7-8H,3-4H2,1H3,(H,16,17)/t5-,7+,8-/m0/s1. The van der Waals surface area contributed by atoms with E-state index in [4.69, 9.17) is 16.7 Å². The average molecular weight is 258 g/mol. The molecule has 1 heterocycles. The van der Waals surface area contributed by atoms with Crippen LogP contribution in [0.15, 0.2) is 11.1 Å². The number of carbonyl (C=O) groups is 3. The van der Waals surface area contributed by atoms with Gasteiger partial charge in [0.2, 0.25) is 11.8 Å². The molecule has 3 atom stereocenters. The first-order valence-electron chi connectivity index (χ1n) is 5.37. The van der Waals surface area contributed by atoms with Crippen LogP contribution in [0, 0.1) is 11.8 Å². The minimum absolute atomic E-state index is 0.333. The summed E-state index contributed by atoms with van der Waals surface area (Å²) in [4.78, 5) is 35.7. The van der Waals surface area contributed by atoms with Crippen molar-refractivity contribution >= 4 is 29.4 Å². The molecular formula is C11H12ClNO4. The molecule has 0 aromatic rings. The quantitative estimate of drug-likeness (QED) is 0.748. The first-order valence-corrected chi connectivity index (χ1v) is 5.75. The van der Waals surface area contributed by atoms with Gasteiger partial charge < -0.3 is 5.11 Å². The van der Waals surface area contributed by atoms with Gasteiger partial charge in [0.05, 0.1) is 11.8 Å². The van der Waals surface area contributed by atoms with E-state index >= 15 is 0 Å². The molecule has 0 unspecified atom stereocenters. The highest BCUT2D eigenvalue weighted by Crippen LogP contribution is 2.39. The van der Waals surface area contributed by atoms with Crippen LogP contribution in [0.3, 0.4) is 0 Å². The smallest absolute Gasteiger partial charge is 0.326 e. The van der Waals surface area contributed by atoms with Crippen molar-refractivity contribution < 1.29 is 19.5 Å². The Balaban J connectivity index is 2.28. The molecule has 0 bridgehead atoms. The largest absolute Gasteiger partial charge is 0.480 e. The third-order valence-electron chi connectivity index (χ3n) is 3.35. The van der Waals surface area contributed by atoms with Gasteiger partial charge in [-0.3, -0.25) is 14.5 Å². The topological polar surface area (TPSA) is 74.7 Å². The van der Waals surface area contributed by atoms with Gasteiger partial charge in [0.25, 0.3) is 0 Å². The lowest BCUT2D eigenvalue weighted by Crippen LogP contribution is -2.43. The number of fused-ring (bicyclic) bond motifs is 1. The van der Waals surface area contributed by atoms with Gasteiger partial charge in [-0.25, -0.2) is 4.79 Å². The number of rotatable bonds is 2. The number of amides is 2. The molecule has 92 valence electrons. The van der Waals surface area contributed by atoms with E-state index in [2.05, 4.69) is 0 Å². The van der Waals surface area contributed by atoms with E-state index in [-0.39, 0.29) is 0 Å². The number of hydrogen-bond donors (Lipinski definition) is 1. The minimum Gasteiger partial charge on any atom is -0.480 e. The molecule has 6 heteroatoms. The molecule has 1 saturated heterocycles. The summed E-state index contributed by atoms with van der Waals surface area (Å²) in [7, 11) is 0. The van der Waals surface area contributed by atoms with Crippen LogP contribution in [0.5, 0.6) is 0 Å². The Morgan fingerprint density at radius 1 is 1.47 bits per heavy atom. The van der Waals surface area contributed by atoms with Gasteiger partial charge in [0, 0.05) is 5.03 Å². The minimum atomic E-state index is -1.18. The lowest BCUT2D eigenvalue weighted by atomic mass is 9.85. The van der Waals surface area contributed by atoms with Crippen molar-refractivity contribution in [1.82, 2.24) is 4.90 Å². The molecule has 1 fully saturated rings. The Hall–Kier alpha value is -1.36. The number of aliphatic carboxylic acids is 1. The van der Waals surface area contributed by atoms with E-state index in [1.807, 2.05) is 0 Å². The van der Waals surface area contributed by atoms with Crippen molar-refractivity contribution in [2.45, 2.75) is 25.8 Å². The molecular weight excluding hydrogens is 246 g/mol. The average Bonchev–Trinajstić information content (AvgIpc) is 2.50. The maximum atomic E-state index is 12.0. The maximum absolute atomic E-state index is 12.0. The molecule has 0 saturated carbocycles. The molecule has 0 aromatic carbocycles. The fourth-order valence-corrected chi connectivity index (χ4v) is 2.60. The van der Waals surface area contributed by atoms with Crippen molar-refractivity contribution in [2.75, 3.05) is 0 Å². The third kappa shape index (κ3) is 1.84. The van der Waals surface area contributed by atoms with Gasteiger partial charge in [-0.2, -0.15) is 0 Å². The van der Waals surface area contributed by atoms with Crippen LogP contribution in [0.25, 0.3) is 0 Å². The van der Waals surface area contributed by atoms with Gasteiger partial charge in [-0.1, -0.05) is 17.7 Å². The maximum Gasteiger partial charge on any atom is 0.326 e. The lowest BCUT2D eigenvalue weighted by Gasteiger charge is -2.18. The molecule has 1 aliphatic carbocycles. The number of halogens is 1. The molecule has 2 rings (SSSR count). The van der Waals surface area contributed by atoms with Crippen LogP contribution in [-0.2, 0) is 14.4 Å². The summed E-state index contributed by atoms with van der Waals surface area (Å²) in [5.41, 5.74) is 0. The molecule has 5 nitrogen and oxygen atoms in total. The third-order valence-corrected chi connectivity index (χ3v) is 3.66. The fourth-order valence-electron chi connectivity index (χ4n) is 2.35. The van der Waals surface area contributed by atoms with Gasteiger partial charge in [0.15, 0.2) is 0 Å². The lowest BCUT2D eigenvalue weighted by molar-refractivity contribution is -0.154. The Kier molecular flexibility index (Phi) is 2.95. The van der Waals surface area contributed by atoms with Gasteiger partial charge >= 0.3 is 5.97 Å². The summed E-state index contributed by atoms with van der Waals surface area (Å²) in [5, 5.41) is 9.45. The Labute approximate surface area is 103 Å². The number of imide groups is 1. The Bertz CT molecular complexity index is 431. The van der Waals surface area contributed by atoms with E-state index in [9.17, 15) is 14.4 Å².